The van der Waals surface area contributed by atoms with Crippen molar-refractivity contribution >= 4 is 33.2 Å². The van der Waals surface area contributed by atoms with Crippen molar-refractivity contribution in [3.63, 3.8) is 0 Å². The highest BCUT2D eigenvalue weighted by Crippen LogP contribution is 2.47. The number of halogens is 4. The molecule has 1 saturated heterocycles. The molecule has 4 rings (SSSR count). The number of carbonyl (C=O) groups is 1. The highest BCUT2D eigenvalue weighted by molar-refractivity contribution is 7.92. The molecule has 178 valence electrons. The maximum absolute atomic E-state index is 12.7. The van der Waals surface area contributed by atoms with Crippen LogP contribution in [0.3, 0.4) is 0 Å². The largest absolute Gasteiger partial charge is 0.501 e. The van der Waals surface area contributed by atoms with Gasteiger partial charge >= 0.3 is 11.5 Å². The van der Waals surface area contributed by atoms with Gasteiger partial charge in [-0.25, -0.2) is 13.2 Å². The Bertz CT molecular complexity index is 1160. The lowest BCUT2D eigenvalue weighted by molar-refractivity contribution is -0.0471. The molecule has 12 heteroatoms. The molecule has 2 aliphatic rings. The van der Waals surface area contributed by atoms with Crippen LogP contribution in [-0.4, -0.2) is 48.7 Å². The summed E-state index contributed by atoms with van der Waals surface area (Å²) in [6, 6.07) is 8.48. The lowest BCUT2D eigenvalue weighted by atomic mass is 9.82. The smallest absolute Gasteiger partial charge is 0.485 e. The van der Waals surface area contributed by atoms with Crippen LogP contribution < -0.4 is 10.1 Å². The summed E-state index contributed by atoms with van der Waals surface area (Å²) < 4.78 is 67.0. The summed E-state index contributed by atoms with van der Waals surface area (Å²) in [6.45, 7) is 0.637. The molecule has 1 fully saturated rings. The van der Waals surface area contributed by atoms with Crippen LogP contribution >= 0.6 is 11.6 Å². The average molecular weight is 505 g/mol. The van der Waals surface area contributed by atoms with E-state index in [0.29, 0.717) is 48.7 Å². The number of rotatable bonds is 2. The first-order valence-electron chi connectivity index (χ1n) is 10.0. The number of hydrogen-bond donors (Lipinski definition) is 2. The van der Waals surface area contributed by atoms with Crippen LogP contribution in [0.2, 0.25) is 5.02 Å². The Kier molecular flexibility index (Phi) is 6.00. The van der Waals surface area contributed by atoms with Gasteiger partial charge in [-0.2, -0.15) is 13.2 Å². The summed E-state index contributed by atoms with van der Waals surface area (Å²) in [5, 5.41) is 13.5. The molecule has 2 aliphatic heterocycles. The second-order valence-electron chi connectivity index (χ2n) is 8.05. The Morgan fingerprint density at radius 3 is 2.39 bits per heavy atom. The number of urea groups is 1. The number of fused-ring (bicyclic) bond motifs is 1. The number of para-hydroxylation sites is 1. The van der Waals surface area contributed by atoms with Gasteiger partial charge in [0.05, 0.1) is 16.0 Å². The van der Waals surface area contributed by atoms with Crippen molar-refractivity contribution in [2.45, 2.75) is 41.4 Å². The lowest BCUT2D eigenvalue weighted by Gasteiger charge is -2.46. The predicted octanol–water partition coefficient (Wildman–Crippen LogP) is 4.52. The quantitative estimate of drug-likeness (QED) is 0.627. The predicted molar refractivity (Wildman–Crippen MR) is 114 cm³/mol. The van der Waals surface area contributed by atoms with Crippen molar-refractivity contribution in [3.05, 3.63) is 53.1 Å². The van der Waals surface area contributed by atoms with Gasteiger partial charge in [0.2, 0.25) is 0 Å². The van der Waals surface area contributed by atoms with E-state index in [1.165, 1.54) is 4.90 Å². The third-order valence-electron chi connectivity index (χ3n) is 5.92. The molecule has 0 aromatic heterocycles. The zero-order chi connectivity index (χ0) is 24.0. The Morgan fingerprint density at radius 2 is 1.79 bits per heavy atom. The fourth-order valence-corrected chi connectivity index (χ4v) is 5.08. The number of sulfone groups is 1. The molecule has 0 saturated carbocycles. The lowest BCUT2D eigenvalue weighted by Crippen LogP contribution is -2.52. The maximum atomic E-state index is 12.7. The van der Waals surface area contributed by atoms with Gasteiger partial charge < -0.3 is 20.1 Å². The molecule has 1 atom stereocenters. The average Bonchev–Trinajstić information content (AvgIpc) is 2.75. The van der Waals surface area contributed by atoms with Crippen LogP contribution in [-0.2, 0) is 9.84 Å². The minimum Gasteiger partial charge on any atom is -0.485 e. The zero-order valence-electron chi connectivity index (χ0n) is 17.1. The van der Waals surface area contributed by atoms with E-state index in [4.69, 9.17) is 16.3 Å². The molecular formula is C21H20ClF3N2O5S. The Balaban J connectivity index is 1.39. The molecule has 0 aliphatic carbocycles. The van der Waals surface area contributed by atoms with E-state index in [1.54, 1.807) is 18.2 Å². The number of piperidine rings is 1. The Labute approximate surface area is 193 Å². The van der Waals surface area contributed by atoms with Crippen LogP contribution in [0.5, 0.6) is 5.75 Å². The number of hydrogen-bond acceptors (Lipinski definition) is 5. The van der Waals surface area contributed by atoms with Crippen LogP contribution in [0.4, 0.5) is 23.7 Å². The van der Waals surface area contributed by atoms with Crippen molar-refractivity contribution in [3.8, 4) is 5.75 Å². The van der Waals surface area contributed by atoms with E-state index in [0.717, 1.165) is 24.3 Å². The molecule has 33 heavy (non-hydrogen) atoms. The standard InChI is InChI=1S/C21H20ClF3N2O5S/c22-16-3-1-2-15-17(28)12-20(32-18(15)16)8-10-27(11-9-20)19(29)26-13-4-6-14(7-5-13)33(30,31)21(23,24)25/h1-7,17,28H,8-12H2,(H,26,29). The Hall–Kier alpha value is -2.50. The number of benzene rings is 2. The van der Waals surface area contributed by atoms with Gasteiger partial charge in [-0.3, -0.25) is 0 Å². The monoisotopic (exact) mass is 504 g/mol. The first-order chi connectivity index (χ1) is 15.4. The number of aliphatic hydroxyl groups is 1. The number of nitrogens with zero attached hydrogens (tertiary/aromatic N) is 1. The van der Waals surface area contributed by atoms with Gasteiger partial charge in [0.25, 0.3) is 9.84 Å². The number of carbonyl (C=O) groups excluding carboxylic acids is 1. The molecular weight excluding hydrogens is 485 g/mol. The summed E-state index contributed by atoms with van der Waals surface area (Å²) in [7, 11) is -5.45. The van der Waals surface area contributed by atoms with E-state index in [9.17, 15) is 31.5 Å². The minimum atomic E-state index is -5.45. The number of nitrogens with one attached hydrogen (secondary N) is 1. The summed E-state index contributed by atoms with van der Waals surface area (Å²) in [5.41, 5.74) is -5.28. The maximum Gasteiger partial charge on any atom is 0.501 e. The van der Waals surface area contributed by atoms with E-state index >= 15 is 0 Å². The summed E-state index contributed by atoms with van der Waals surface area (Å²) in [5.74, 6) is 0.449. The first kappa shape index (κ1) is 23.7. The SMILES string of the molecule is O=C(Nc1ccc(S(=O)(=O)C(F)(F)F)cc1)N1CCC2(CC1)CC(O)c1cccc(Cl)c1O2. The number of likely N-dealkylation sites (tertiary alicyclic amines) is 1. The van der Waals surface area contributed by atoms with E-state index in [1.807, 2.05) is 0 Å². The van der Waals surface area contributed by atoms with Crippen molar-refractivity contribution in [1.82, 2.24) is 4.90 Å². The van der Waals surface area contributed by atoms with Gasteiger partial charge in [0, 0.05) is 43.6 Å². The molecule has 2 N–H and O–H groups in total. The number of amides is 2. The minimum absolute atomic E-state index is 0.159. The first-order valence-corrected chi connectivity index (χ1v) is 11.9. The van der Waals surface area contributed by atoms with E-state index in [2.05, 4.69) is 5.32 Å². The number of ether oxygens (including phenoxy) is 1. The molecule has 2 heterocycles. The van der Waals surface area contributed by atoms with Crippen LogP contribution in [0.15, 0.2) is 47.4 Å². The molecule has 2 aromatic rings. The van der Waals surface area contributed by atoms with Gasteiger partial charge in [-0.15, -0.1) is 0 Å². The molecule has 0 bridgehead atoms. The summed E-state index contributed by atoms with van der Waals surface area (Å²) in [4.78, 5) is 13.2. The zero-order valence-corrected chi connectivity index (χ0v) is 18.7. The topological polar surface area (TPSA) is 95.9 Å². The van der Waals surface area contributed by atoms with Crippen molar-refractivity contribution in [1.29, 1.82) is 0 Å². The number of anilines is 1. The highest BCUT2D eigenvalue weighted by atomic mass is 35.5. The van der Waals surface area contributed by atoms with Gasteiger partial charge in [-0.1, -0.05) is 23.7 Å². The molecule has 1 spiro atoms. The van der Waals surface area contributed by atoms with Crippen molar-refractivity contribution in [2.24, 2.45) is 0 Å². The number of alkyl halides is 3. The van der Waals surface area contributed by atoms with Crippen LogP contribution in [0, 0.1) is 0 Å². The van der Waals surface area contributed by atoms with Gasteiger partial charge in [-0.05, 0) is 30.3 Å². The van der Waals surface area contributed by atoms with Crippen molar-refractivity contribution in [2.75, 3.05) is 18.4 Å². The highest BCUT2D eigenvalue weighted by Gasteiger charge is 2.47. The second-order valence-corrected chi connectivity index (χ2v) is 10.4. The third kappa shape index (κ3) is 4.49. The molecule has 7 nitrogen and oxygen atoms in total. The molecule has 2 amide bonds. The van der Waals surface area contributed by atoms with Crippen molar-refractivity contribution < 1.29 is 36.2 Å². The van der Waals surface area contributed by atoms with Crippen LogP contribution in [0.1, 0.15) is 30.9 Å². The van der Waals surface area contributed by atoms with Crippen LogP contribution in [0.25, 0.3) is 0 Å². The molecule has 0 radical (unpaired) electrons. The normalized spacial score (nSPS) is 20.2. The summed E-state index contributed by atoms with van der Waals surface area (Å²) in [6.07, 6.45) is 0.528. The molecule has 2 aromatic carbocycles. The van der Waals surface area contributed by atoms with E-state index < -0.39 is 38.0 Å². The second kappa shape index (κ2) is 8.37. The number of aliphatic hydroxyl groups excluding tert-OH is 1. The third-order valence-corrected chi connectivity index (χ3v) is 7.72. The Morgan fingerprint density at radius 1 is 1.15 bits per heavy atom. The van der Waals surface area contributed by atoms with E-state index in [-0.39, 0.29) is 5.69 Å². The summed E-state index contributed by atoms with van der Waals surface area (Å²) >= 11 is 6.23. The van der Waals surface area contributed by atoms with Gasteiger partial charge in [0.15, 0.2) is 0 Å². The molecule has 1 unspecified atom stereocenters. The fraction of sp³-hybridized carbons (Fsp3) is 0.381. The fourth-order valence-electron chi connectivity index (χ4n) is 4.09. The van der Waals surface area contributed by atoms with Gasteiger partial charge in [0.1, 0.15) is 11.4 Å².